The van der Waals surface area contributed by atoms with Gasteiger partial charge in [0.2, 0.25) is 5.91 Å². The SMILES string of the molecule is CNC(=O)CNCc1csc(C(C)C)n1.Cl. The molecule has 1 rings (SSSR count). The molecule has 0 atom stereocenters. The van der Waals surface area contributed by atoms with Crippen LogP contribution in [0, 0.1) is 0 Å². The smallest absolute Gasteiger partial charge is 0.233 e. The second-order valence-corrected chi connectivity index (χ2v) is 4.50. The van der Waals surface area contributed by atoms with Gasteiger partial charge < -0.3 is 10.6 Å². The molecule has 16 heavy (non-hydrogen) atoms. The minimum atomic E-state index is -0.00527. The Morgan fingerprint density at radius 1 is 1.56 bits per heavy atom. The highest BCUT2D eigenvalue weighted by molar-refractivity contribution is 7.09. The van der Waals surface area contributed by atoms with Gasteiger partial charge in [-0.15, -0.1) is 23.7 Å². The molecule has 1 heterocycles. The van der Waals surface area contributed by atoms with E-state index in [9.17, 15) is 4.79 Å². The minimum absolute atomic E-state index is 0. The van der Waals surface area contributed by atoms with Gasteiger partial charge in [-0.05, 0) is 0 Å². The molecule has 4 nitrogen and oxygen atoms in total. The van der Waals surface area contributed by atoms with E-state index in [1.54, 1.807) is 18.4 Å². The average Bonchev–Trinajstić information content (AvgIpc) is 2.66. The number of halogens is 1. The Hall–Kier alpha value is -0.650. The third-order valence-electron chi connectivity index (χ3n) is 1.93. The van der Waals surface area contributed by atoms with Crippen LogP contribution in [-0.2, 0) is 11.3 Å². The highest BCUT2D eigenvalue weighted by Crippen LogP contribution is 2.18. The lowest BCUT2D eigenvalue weighted by molar-refractivity contribution is -0.119. The molecule has 0 aromatic carbocycles. The number of hydrogen-bond donors (Lipinski definition) is 2. The van der Waals surface area contributed by atoms with Gasteiger partial charge in [0.15, 0.2) is 0 Å². The van der Waals surface area contributed by atoms with Crippen LogP contribution in [-0.4, -0.2) is 24.5 Å². The van der Waals surface area contributed by atoms with Crippen LogP contribution in [0.1, 0.15) is 30.5 Å². The Kier molecular flexibility index (Phi) is 7.29. The molecule has 0 radical (unpaired) electrons. The van der Waals surface area contributed by atoms with Gasteiger partial charge in [0.05, 0.1) is 17.2 Å². The number of likely N-dealkylation sites (N-methyl/N-ethyl adjacent to an activating group) is 1. The van der Waals surface area contributed by atoms with Crippen molar-refractivity contribution in [3.63, 3.8) is 0 Å². The molecule has 0 saturated carbocycles. The quantitative estimate of drug-likeness (QED) is 0.847. The highest BCUT2D eigenvalue weighted by Gasteiger charge is 2.05. The van der Waals surface area contributed by atoms with E-state index < -0.39 is 0 Å². The summed E-state index contributed by atoms with van der Waals surface area (Å²) in [5.74, 6) is 0.469. The molecule has 0 saturated heterocycles. The Bertz CT molecular complexity index is 328. The average molecular weight is 264 g/mol. The van der Waals surface area contributed by atoms with Crippen LogP contribution in [0.2, 0.25) is 0 Å². The van der Waals surface area contributed by atoms with E-state index in [1.807, 2.05) is 5.38 Å². The van der Waals surface area contributed by atoms with Crippen molar-refractivity contribution in [1.82, 2.24) is 15.6 Å². The molecule has 0 aliphatic heterocycles. The molecule has 0 aliphatic rings. The monoisotopic (exact) mass is 263 g/mol. The Morgan fingerprint density at radius 3 is 2.75 bits per heavy atom. The maximum Gasteiger partial charge on any atom is 0.233 e. The number of thiazole rings is 1. The molecule has 92 valence electrons. The van der Waals surface area contributed by atoms with E-state index in [0.29, 0.717) is 19.0 Å². The molecule has 1 amide bonds. The highest BCUT2D eigenvalue weighted by atomic mass is 35.5. The van der Waals surface area contributed by atoms with Gasteiger partial charge in [-0.3, -0.25) is 4.79 Å². The number of amides is 1. The lowest BCUT2D eigenvalue weighted by atomic mass is 10.2. The number of carbonyl (C=O) groups is 1. The summed E-state index contributed by atoms with van der Waals surface area (Å²) in [6.07, 6.45) is 0. The van der Waals surface area contributed by atoms with Crippen LogP contribution in [0.4, 0.5) is 0 Å². The molecule has 0 spiro atoms. The molecule has 0 aliphatic carbocycles. The lowest BCUT2D eigenvalue weighted by Crippen LogP contribution is -2.31. The first-order valence-corrected chi connectivity index (χ1v) is 5.87. The number of carbonyl (C=O) groups excluding carboxylic acids is 1. The van der Waals surface area contributed by atoms with E-state index in [1.165, 1.54) is 0 Å². The molecule has 6 heteroatoms. The summed E-state index contributed by atoms with van der Waals surface area (Å²) in [4.78, 5) is 15.4. The fourth-order valence-corrected chi connectivity index (χ4v) is 1.90. The van der Waals surface area contributed by atoms with Gasteiger partial charge in [0.1, 0.15) is 0 Å². The van der Waals surface area contributed by atoms with Crippen LogP contribution in [0.5, 0.6) is 0 Å². The number of rotatable bonds is 5. The normalized spacial score (nSPS) is 10.0. The van der Waals surface area contributed by atoms with Crippen LogP contribution < -0.4 is 10.6 Å². The van der Waals surface area contributed by atoms with Crippen molar-refractivity contribution in [2.75, 3.05) is 13.6 Å². The van der Waals surface area contributed by atoms with E-state index >= 15 is 0 Å². The first kappa shape index (κ1) is 15.3. The molecule has 1 aromatic rings. The third kappa shape index (κ3) is 4.92. The molecule has 0 bridgehead atoms. The molecule has 0 unspecified atom stereocenters. The summed E-state index contributed by atoms with van der Waals surface area (Å²) in [6.45, 7) is 5.24. The zero-order valence-electron chi connectivity index (χ0n) is 9.74. The number of aromatic nitrogens is 1. The van der Waals surface area contributed by atoms with Gasteiger partial charge >= 0.3 is 0 Å². The van der Waals surface area contributed by atoms with Crippen LogP contribution in [0.25, 0.3) is 0 Å². The van der Waals surface area contributed by atoms with E-state index in [2.05, 4.69) is 29.5 Å². The van der Waals surface area contributed by atoms with Crippen molar-refractivity contribution in [2.45, 2.75) is 26.3 Å². The Balaban J connectivity index is 0.00000225. The van der Waals surface area contributed by atoms with E-state index in [-0.39, 0.29) is 18.3 Å². The predicted octanol–water partition coefficient (Wildman–Crippen LogP) is 1.52. The van der Waals surface area contributed by atoms with Crippen LogP contribution in [0.15, 0.2) is 5.38 Å². The maximum absolute atomic E-state index is 10.9. The van der Waals surface area contributed by atoms with Gasteiger partial charge in [0.25, 0.3) is 0 Å². The topological polar surface area (TPSA) is 54.0 Å². The first-order valence-electron chi connectivity index (χ1n) is 4.99. The van der Waals surface area contributed by atoms with E-state index in [0.717, 1.165) is 10.7 Å². The summed E-state index contributed by atoms with van der Waals surface area (Å²) < 4.78 is 0. The minimum Gasteiger partial charge on any atom is -0.358 e. The fraction of sp³-hybridized carbons (Fsp3) is 0.600. The van der Waals surface area contributed by atoms with Crippen molar-refractivity contribution in [1.29, 1.82) is 0 Å². The summed E-state index contributed by atoms with van der Waals surface area (Å²) >= 11 is 1.67. The van der Waals surface area contributed by atoms with Crippen molar-refractivity contribution in [3.8, 4) is 0 Å². The first-order chi connectivity index (χ1) is 7.13. The van der Waals surface area contributed by atoms with Crippen molar-refractivity contribution < 1.29 is 4.79 Å². The summed E-state index contributed by atoms with van der Waals surface area (Å²) in [5.41, 5.74) is 1.01. The molecule has 1 aromatic heterocycles. The second kappa shape index (κ2) is 7.60. The Morgan fingerprint density at radius 2 is 2.25 bits per heavy atom. The zero-order valence-corrected chi connectivity index (χ0v) is 11.4. The van der Waals surface area contributed by atoms with Crippen molar-refractivity contribution >= 4 is 29.7 Å². The van der Waals surface area contributed by atoms with Gasteiger partial charge in [0, 0.05) is 24.9 Å². The number of nitrogens with one attached hydrogen (secondary N) is 2. The van der Waals surface area contributed by atoms with Gasteiger partial charge in [-0.1, -0.05) is 13.8 Å². The van der Waals surface area contributed by atoms with E-state index in [4.69, 9.17) is 0 Å². The zero-order chi connectivity index (χ0) is 11.3. The molecule has 2 N–H and O–H groups in total. The summed E-state index contributed by atoms with van der Waals surface area (Å²) in [7, 11) is 1.63. The van der Waals surface area contributed by atoms with Crippen molar-refractivity contribution in [3.05, 3.63) is 16.1 Å². The summed E-state index contributed by atoms with van der Waals surface area (Å²) in [6, 6.07) is 0. The predicted molar refractivity (Wildman–Crippen MR) is 69.2 cm³/mol. The molecule has 0 fully saturated rings. The number of nitrogens with zero attached hydrogens (tertiary/aromatic N) is 1. The summed E-state index contributed by atoms with van der Waals surface area (Å²) in [5, 5.41) is 8.77. The lowest BCUT2D eigenvalue weighted by Gasteiger charge is -2.01. The largest absolute Gasteiger partial charge is 0.358 e. The Labute approximate surface area is 106 Å². The fourth-order valence-electron chi connectivity index (χ4n) is 1.06. The van der Waals surface area contributed by atoms with Gasteiger partial charge in [-0.2, -0.15) is 0 Å². The number of hydrogen-bond acceptors (Lipinski definition) is 4. The molecular formula is C10H18ClN3OS. The standard InChI is InChI=1S/C10H17N3OS.ClH/c1-7(2)10-13-8(6-15-10)4-12-5-9(14)11-3;/h6-7,12H,4-5H2,1-3H3,(H,11,14);1H. The van der Waals surface area contributed by atoms with Crippen LogP contribution in [0.3, 0.4) is 0 Å². The van der Waals surface area contributed by atoms with Crippen LogP contribution >= 0.6 is 23.7 Å². The maximum atomic E-state index is 10.9. The van der Waals surface area contributed by atoms with Gasteiger partial charge in [-0.25, -0.2) is 4.98 Å². The second-order valence-electron chi connectivity index (χ2n) is 3.61. The third-order valence-corrected chi connectivity index (χ3v) is 3.13. The van der Waals surface area contributed by atoms with Crippen molar-refractivity contribution in [2.24, 2.45) is 0 Å². The molecular weight excluding hydrogens is 246 g/mol.